The van der Waals surface area contributed by atoms with Crippen LogP contribution in [0.3, 0.4) is 0 Å². The molecule has 7 heteroatoms. The number of aryl methyl sites for hydroxylation is 1. The van der Waals surface area contributed by atoms with Gasteiger partial charge in [0.15, 0.2) is 0 Å². The molecule has 116 valence electrons. The summed E-state index contributed by atoms with van der Waals surface area (Å²) in [5.74, 6) is 2.34. The van der Waals surface area contributed by atoms with E-state index in [0.29, 0.717) is 19.5 Å². The summed E-state index contributed by atoms with van der Waals surface area (Å²) in [6.07, 6.45) is 4.58. The lowest BCUT2D eigenvalue weighted by Crippen LogP contribution is -2.39. The zero-order chi connectivity index (χ0) is 15.5. The van der Waals surface area contributed by atoms with Gasteiger partial charge in [0.1, 0.15) is 30.0 Å². The van der Waals surface area contributed by atoms with Crippen LogP contribution in [0.4, 0.5) is 16.0 Å². The number of hydrogen-bond donors (Lipinski definition) is 0. The molecule has 22 heavy (non-hydrogen) atoms. The Hall–Kier alpha value is -2.31. The molecule has 1 aliphatic rings. The van der Waals surface area contributed by atoms with E-state index in [1.54, 1.807) is 12.4 Å². The van der Waals surface area contributed by atoms with Crippen LogP contribution in [-0.2, 0) is 0 Å². The predicted molar refractivity (Wildman–Crippen MR) is 82.7 cm³/mol. The third-order valence-electron chi connectivity index (χ3n) is 3.86. The second-order valence-corrected chi connectivity index (χ2v) is 5.55. The molecule has 2 aromatic heterocycles. The van der Waals surface area contributed by atoms with Crippen LogP contribution in [-0.4, -0.2) is 52.3 Å². The molecule has 6 nitrogen and oxygen atoms in total. The van der Waals surface area contributed by atoms with E-state index in [9.17, 15) is 4.39 Å². The fourth-order valence-corrected chi connectivity index (χ4v) is 2.83. The number of aromatic nitrogens is 4. The first-order valence-electron chi connectivity index (χ1n) is 7.31. The molecule has 0 bridgehead atoms. The third kappa shape index (κ3) is 3.13. The Morgan fingerprint density at radius 2 is 2.18 bits per heavy atom. The highest BCUT2D eigenvalue weighted by atomic mass is 19.1. The average molecular weight is 302 g/mol. The van der Waals surface area contributed by atoms with Crippen molar-refractivity contribution in [1.82, 2.24) is 19.9 Å². The van der Waals surface area contributed by atoms with Gasteiger partial charge in [-0.15, -0.1) is 0 Å². The Morgan fingerprint density at radius 3 is 2.91 bits per heavy atom. The number of anilines is 2. The summed E-state index contributed by atoms with van der Waals surface area (Å²) in [5.41, 5.74) is 0. The summed E-state index contributed by atoms with van der Waals surface area (Å²) >= 11 is 0. The quantitative estimate of drug-likeness (QED) is 0.855. The number of nitrogens with zero attached hydrogens (tertiary/aromatic N) is 6. The molecule has 0 spiro atoms. The number of hydrogen-bond acceptors (Lipinski definition) is 6. The van der Waals surface area contributed by atoms with Crippen molar-refractivity contribution >= 4 is 11.6 Å². The summed E-state index contributed by atoms with van der Waals surface area (Å²) in [6, 6.07) is 3.74. The molecular weight excluding hydrogens is 283 g/mol. The fourth-order valence-electron chi connectivity index (χ4n) is 2.83. The monoisotopic (exact) mass is 302 g/mol. The van der Waals surface area contributed by atoms with Crippen molar-refractivity contribution in [3.05, 3.63) is 36.7 Å². The molecule has 0 aliphatic carbocycles. The summed E-state index contributed by atoms with van der Waals surface area (Å²) in [5, 5.41) is 0. The highest BCUT2D eigenvalue weighted by molar-refractivity contribution is 5.43. The van der Waals surface area contributed by atoms with Gasteiger partial charge in [0.25, 0.3) is 0 Å². The van der Waals surface area contributed by atoms with Crippen LogP contribution in [0.15, 0.2) is 30.9 Å². The van der Waals surface area contributed by atoms with Crippen LogP contribution in [0.2, 0.25) is 0 Å². The molecule has 3 heterocycles. The fraction of sp³-hybridized carbons (Fsp3) is 0.467. The number of alkyl halides is 1. The van der Waals surface area contributed by atoms with E-state index >= 15 is 0 Å². The molecule has 3 rings (SSSR count). The Balaban J connectivity index is 1.75. The molecule has 0 N–H and O–H groups in total. The van der Waals surface area contributed by atoms with Crippen molar-refractivity contribution in [3.63, 3.8) is 0 Å². The Kier molecular flexibility index (Phi) is 4.13. The Labute approximate surface area is 129 Å². The summed E-state index contributed by atoms with van der Waals surface area (Å²) in [4.78, 5) is 20.7. The van der Waals surface area contributed by atoms with E-state index in [1.807, 2.05) is 35.9 Å². The van der Waals surface area contributed by atoms with Gasteiger partial charge in [0, 0.05) is 32.4 Å². The number of halogens is 1. The molecule has 0 saturated carbocycles. The molecule has 0 amide bonds. The van der Waals surface area contributed by atoms with Crippen LogP contribution in [0, 0.1) is 6.92 Å². The van der Waals surface area contributed by atoms with Gasteiger partial charge in [-0.25, -0.2) is 24.3 Å². The highest BCUT2D eigenvalue weighted by Gasteiger charge is 2.33. The zero-order valence-electron chi connectivity index (χ0n) is 12.7. The van der Waals surface area contributed by atoms with Crippen LogP contribution < -0.4 is 9.80 Å². The minimum Gasteiger partial charge on any atom is -0.358 e. The van der Waals surface area contributed by atoms with Gasteiger partial charge >= 0.3 is 0 Å². The van der Waals surface area contributed by atoms with Crippen molar-refractivity contribution in [2.75, 3.05) is 29.9 Å². The molecule has 1 fully saturated rings. The van der Waals surface area contributed by atoms with E-state index in [-0.39, 0.29) is 6.04 Å². The number of rotatable bonds is 4. The molecule has 2 aromatic rings. The van der Waals surface area contributed by atoms with Crippen LogP contribution in [0.1, 0.15) is 12.2 Å². The Morgan fingerprint density at radius 1 is 1.32 bits per heavy atom. The number of likely N-dealkylation sites (N-methyl/N-ethyl adjacent to an activating group) is 1. The average Bonchev–Trinajstić information content (AvgIpc) is 2.88. The minimum absolute atomic E-state index is 0.0603. The van der Waals surface area contributed by atoms with Gasteiger partial charge in [-0.05, 0) is 19.1 Å². The molecule has 0 aromatic carbocycles. The maximum Gasteiger partial charge on any atom is 0.132 e. The Bertz CT molecular complexity index is 622. The normalized spacial score (nSPS) is 21.1. The van der Waals surface area contributed by atoms with E-state index in [2.05, 4.69) is 19.9 Å². The van der Waals surface area contributed by atoms with E-state index < -0.39 is 6.17 Å². The summed E-state index contributed by atoms with van der Waals surface area (Å²) < 4.78 is 13.9. The summed E-state index contributed by atoms with van der Waals surface area (Å²) in [6.45, 7) is 2.91. The largest absolute Gasteiger partial charge is 0.358 e. The topological polar surface area (TPSA) is 58.0 Å². The first kappa shape index (κ1) is 14.6. The first-order valence-corrected chi connectivity index (χ1v) is 7.31. The van der Waals surface area contributed by atoms with Crippen molar-refractivity contribution in [1.29, 1.82) is 0 Å². The summed E-state index contributed by atoms with van der Waals surface area (Å²) in [7, 11) is 1.96. The van der Waals surface area contributed by atoms with Gasteiger partial charge in [0.05, 0.1) is 12.6 Å². The SMILES string of the molecule is Cc1nccc(N(C)C[C@@H]2C[C@H](F)CN2c2ccncn2)n1. The van der Waals surface area contributed by atoms with E-state index in [4.69, 9.17) is 0 Å². The van der Waals surface area contributed by atoms with Crippen molar-refractivity contribution in [2.24, 2.45) is 0 Å². The van der Waals surface area contributed by atoms with Crippen molar-refractivity contribution in [3.8, 4) is 0 Å². The third-order valence-corrected chi connectivity index (χ3v) is 3.86. The lowest BCUT2D eigenvalue weighted by molar-refractivity contribution is 0.356. The van der Waals surface area contributed by atoms with Crippen LogP contribution in [0.5, 0.6) is 0 Å². The standard InChI is InChI=1S/C15H19FN6/c1-11-18-6-4-15(20-11)21(2)9-13-7-12(16)8-22(13)14-3-5-17-10-19-14/h3-6,10,12-13H,7-9H2,1-2H3/t12-,13-/m0/s1. The van der Waals surface area contributed by atoms with E-state index in [1.165, 1.54) is 6.33 Å². The molecule has 1 saturated heterocycles. The smallest absolute Gasteiger partial charge is 0.132 e. The van der Waals surface area contributed by atoms with Gasteiger partial charge in [-0.3, -0.25) is 0 Å². The minimum atomic E-state index is -0.833. The molecular formula is C15H19FN6. The zero-order valence-corrected chi connectivity index (χ0v) is 12.7. The predicted octanol–water partition coefficient (Wildman–Crippen LogP) is 1.63. The molecule has 1 aliphatic heterocycles. The van der Waals surface area contributed by atoms with Crippen LogP contribution in [0.25, 0.3) is 0 Å². The van der Waals surface area contributed by atoms with E-state index in [0.717, 1.165) is 17.5 Å². The lowest BCUT2D eigenvalue weighted by atomic mass is 10.2. The highest BCUT2D eigenvalue weighted by Crippen LogP contribution is 2.26. The molecule has 0 unspecified atom stereocenters. The van der Waals surface area contributed by atoms with Crippen molar-refractivity contribution in [2.45, 2.75) is 25.6 Å². The molecule has 2 atom stereocenters. The maximum atomic E-state index is 13.9. The van der Waals surface area contributed by atoms with Gasteiger partial charge < -0.3 is 9.80 Å². The lowest BCUT2D eigenvalue weighted by Gasteiger charge is -2.29. The van der Waals surface area contributed by atoms with Crippen LogP contribution >= 0.6 is 0 Å². The van der Waals surface area contributed by atoms with Gasteiger partial charge in [-0.1, -0.05) is 0 Å². The second kappa shape index (κ2) is 6.21. The van der Waals surface area contributed by atoms with Gasteiger partial charge in [0.2, 0.25) is 0 Å². The second-order valence-electron chi connectivity index (χ2n) is 5.55. The van der Waals surface area contributed by atoms with Gasteiger partial charge in [-0.2, -0.15) is 0 Å². The maximum absolute atomic E-state index is 13.9. The first-order chi connectivity index (χ1) is 10.6. The molecule has 0 radical (unpaired) electrons. The van der Waals surface area contributed by atoms with Crippen molar-refractivity contribution < 1.29 is 4.39 Å².